The third kappa shape index (κ3) is 4.45. The molecule has 154 valence electrons. The number of fused-ring (bicyclic) bond motifs is 1. The lowest BCUT2D eigenvalue weighted by atomic mass is 9.93. The summed E-state index contributed by atoms with van der Waals surface area (Å²) in [6.45, 7) is 8.33. The first-order valence-electron chi connectivity index (χ1n) is 8.98. The third-order valence-corrected chi connectivity index (χ3v) is 4.46. The lowest BCUT2D eigenvalue weighted by Gasteiger charge is -2.38. The molecular formula is C17H23F3N6O2. The maximum Gasteiger partial charge on any atom is 0.453 e. The molecule has 0 aliphatic carbocycles. The van der Waals surface area contributed by atoms with Gasteiger partial charge in [0.05, 0.1) is 0 Å². The van der Waals surface area contributed by atoms with Gasteiger partial charge in [0, 0.05) is 19.1 Å². The van der Waals surface area contributed by atoms with E-state index in [4.69, 9.17) is 4.74 Å². The fourth-order valence-electron chi connectivity index (χ4n) is 2.98. The number of piperidine rings is 1. The quantitative estimate of drug-likeness (QED) is 0.833. The van der Waals surface area contributed by atoms with Crippen molar-refractivity contribution >= 4 is 17.6 Å². The SMILES string of the molecule is CC1CCN(C(=O)OC(C)(C)C)CC1Nc1ccc2nnc(C(F)(F)F)n2n1. The normalized spacial score (nSPS) is 21.0. The Morgan fingerprint density at radius 1 is 1.25 bits per heavy atom. The molecule has 2 aromatic heterocycles. The Labute approximate surface area is 160 Å². The van der Waals surface area contributed by atoms with Crippen LogP contribution in [0.3, 0.4) is 0 Å². The Morgan fingerprint density at radius 2 is 1.96 bits per heavy atom. The summed E-state index contributed by atoms with van der Waals surface area (Å²) in [6.07, 6.45) is -4.33. The summed E-state index contributed by atoms with van der Waals surface area (Å²) in [6, 6.07) is 2.78. The van der Waals surface area contributed by atoms with Gasteiger partial charge in [-0.15, -0.1) is 15.3 Å². The van der Waals surface area contributed by atoms with E-state index in [1.54, 1.807) is 31.7 Å². The fraction of sp³-hybridized carbons (Fsp3) is 0.647. The monoisotopic (exact) mass is 400 g/mol. The Kier molecular flexibility index (Phi) is 5.11. The van der Waals surface area contributed by atoms with E-state index >= 15 is 0 Å². The van der Waals surface area contributed by atoms with Crippen LogP contribution in [-0.2, 0) is 10.9 Å². The maximum absolute atomic E-state index is 13.0. The topological polar surface area (TPSA) is 84.6 Å². The number of alkyl halides is 3. The molecule has 8 nitrogen and oxygen atoms in total. The minimum absolute atomic E-state index is 0.00458. The highest BCUT2D eigenvalue weighted by Gasteiger charge is 2.38. The molecule has 0 radical (unpaired) electrons. The molecule has 1 N–H and O–H groups in total. The fourth-order valence-corrected chi connectivity index (χ4v) is 2.98. The largest absolute Gasteiger partial charge is 0.453 e. The number of carbonyl (C=O) groups excluding carboxylic acids is 1. The molecule has 3 heterocycles. The Bertz CT molecular complexity index is 861. The molecular weight excluding hydrogens is 377 g/mol. The van der Waals surface area contributed by atoms with Gasteiger partial charge in [-0.2, -0.15) is 17.7 Å². The van der Waals surface area contributed by atoms with Crippen LogP contribution < -0.4 is 5.32 Å². The number of halogens is 3. The first-order chi connectivity index (χ1) is 12.9. The number of nitrogens with one attached hydrogen (secondary N) is 1. The maximum atomic E-state index is 13.0. The summed E-state index contributed by atoms with van der Waals surface area (Å²) >= 11 is 0. The van der Waals surface area contributed by atoms with Crippen LogP contribution in [0.25, 0.3) is 5.65 Å². The van der Waals surface area contributed by atoms with Gasteiger partial charge in [0.2, 0.25) is 0 Å². The van der Waals surface area contributed by atoms with Crippen LogP contribution in [0.1, 0.15) is 39.9 Å². The van der Waals surface area contributed by atoms with Crippen LogP contribution in [-0.4, -0.2) is 55.5 Å². The van der Waals surface area contributed by atoms with Gasteiger partial charge in [0.15, 0.2) is 5.65 Å². The molecule has 0 bridgehead atoms. The highest BCUT2D eigenvalue weighted by Crippen LogP contribution is 2.28. The van der Waals surface area contributed by atoms with Crippen molar-refractivity contribution in [3.8, 4) is 0 Å². The molecule has 1 saturated heterocycles. The summed E-state index contributed by atoms with van der Waals surface area (Å²) in [5.74, 6) is -0.738. The Morgan fingerprint density at radius 3 is 2.61 bits per heavy atom. The summed E-state index contributed by atoms with van der Waals surface area (Å²) in [4.78, 5) is 13.9. The number of hydrogen-bond acceptors (Lipinski definition) is 6. The molecule has 1 aliphatic heterocycles. The van der Waals surface area contributed by atoms with Gasteiger partial charge in [-0.05, 0) is 45.2 Å². The van der Waals surface area contributed by atoms with E-state index in [-0.39, 0.29) is 23.4 Å². The number of amides is 1. The molecule has 0 saturated carbocycles. The van der Waals surface area contributed by atoms with Crippen molar-refractivity contribution in [3.63, 3.8) is 0 Å². The first kappa shape index (κ1) is 20.2. The molecule has 2 aromatic rings. The van der Waals surface area contributed by atoms with Crippen molar-refractivity contribution < 1.29 is 22.7 Å². The zero-order valence-corrected chi connectivity index (χ0v) is 16.1. The van der Waals surface area contributed by atoms with E-state index in [9.17, 15) is 18.0 Å². The van der Waals surface area contributed by atoms with Crippen molar-refractivity contribution in [2.75, 3.05) is 18.4 Å². The molecule has 2 unspecified atom stereocenters. The lowest BCUT2D eigenvalue weighted by Crippen LogP contribution is -2.50. The van der Waals surface area contributed by atoms with Gasteiger partial charge in [-0.3, -0.25) is 0 Å². The number of hydrogen-bond donors (Lipinski definition) is 1. The number of carbonyl (C=O) groups is 1. The predicted molar refractivity (Wildman–Crippen MR) is 94.8 cm³/mol. The summed E-state index contributed by atoms with van der Waals surface area (Å²) < 4.78 is 45.2. The van der Waals surface area contributed by atoms with Crippen LogP contribution in [0.5, 0.6) is 0 Å². The van der Waals surface area contributed by atoms with E-state index in [0.29, 0.717) is 17.6 Å². The van der Waals surface area contributed by atoms with Crippen LogP contribution in [0.15, 0.2) is 12.1 Å². The average Bonchev–Trinajstić information content (AvgIpc) is 2.98. The van der Waals surface area contributed by atoms with Crippen molar-refractivity contribution in [3.05, 3.63) is 18.0 Å². The molecule has 0 aromatic carbocycles. The van der Waals surface area contributed by atoms with Gasteiger partial charge in [-0.1, -0.05) is 6.92 Å². The van der Waals surface area contributed by atoms with Gasteiger partial charge >= 0.3 is 12.3 Å². The zero-order valence-electron chi connectivity index (χ0n) is 16.1. The van der Waals surface area contributed by atoms with E-state index in [0.717, 1.165) is 6.42 Å². The second-order valence-corrected chi connectivity index (χ2v) is 7.95. The van der Waals surface area contributed by atoms with Crippen LogP contribution in [0, 0.1) is 5.92 Å². The number of nitrogens with zero attached hydrogens (tertiary/aromatic N) is 5. The molecule has 0 spiro atoms. The Hall–Kier alpha value is -2.59. The second-order valence-electron chi connectivity index (χ2n) is 7.95. The van der Waals surface area contributed by atoms with Gasteiger partial charge in [0.25, 0.3) is 5.82 Å². The molecule has 11 heteroatoms. The van der Waals surface area contributed by atoms with Crippen molar-refractivity contribution in [1.82, 2.24) is 24.7 Å². The van der Waals surface area contributed by atoms with E-state index < -0.39 is 23.7 Å². The van der Waals surface area contributed by atoms with E-state index in [2.05, 4.69) is 20.6 Å². The molecule has 3 rings (SSSR count). The number of anilines is 1. The standard InChI is InChI=1S/C17H23F3N6O2/c1-10-7-8-25(15(27)28-16(2,3)4)9-11(10)21-12-5-6-13-22-23-14(17(18,19)20)26(13)24-12/h5-6,10-11H,7-9H2,1-4H3,(H,21,24). The van der Waals surface area contributed by atoms with Gasteiger partial charge < -0.3 is 15.0 Å². The van der Waals surface area contributed by atoms with Crippen molar-refractivity contribution in [2.24, 2.45) is 5.92 Å². The highest BCUT2D eigenvalue weighted by atomic mass is 19.4. The van der Waals surface area contributed by atoms with E-state index in [1.165, 1.54) is 6.07 Å². The lowest BCUT2D eigenvalue weighted by molar-refractivity contribution is -0.146. The highest BCUT2D eigenvalue weighted by molar-refractivity contribution is 5.68. The molecule has 1 amide bonds. The van der Waals surface area contributed by atoms with Gasteiger partial charge in [-0.25, -0.2) is 4.79 Å². The number of ether oxygens (including phenoxy) is 1. The number of rotatable bonds is 2. The zero-order chi connectivity index (χ0) is 20.7. The minimum Gasteiger partial charge on any atom is -0.444 e. The van der Waals surface area contributed by atoms with Crippen LogP contribution in [0.2, 0.25) is 0 Å². The number of likely N-dealkylation sites (tertiary alicyclic amines) is 1. The second kappa shape index (κ2) is 7.10. The van der Waals surface area contributed by atoms with Gasteiger partial charge in [0.1, 0.15) is 11.4 Å². The molecule has 1 fully saturated rings. The third-order valence-electron chi connectivity index (χ3n) is 4.46. The smallest absolute Gasteiger partial charge is 0.444 e. The van der Waals surface area contributed by atoms with Crippen LogP contribution >= 0.6 is 0 Å². The Balaban J connectivity index is 1.77. The predicted octanol–water partition coefficient (Wildman–Crippen LogP) is 3.20. The average molecular weight is 400 g/mol. The van der Waals surface area contributed by atoms with E-state index in [1.807, 2.05) is 6.92 Å². The summed E-state index contributed by atoms with van der Waals surface area (Å²) in [5.41, 5.74) is -0.595. The van der Waals surface area contributed by atoms with Crippen molar-refractivity contribution in [2.45, 2.75) is 51.9 Å². The molecule has 2 atom stereocenters. The first-order valence-corrected chi connectivity index (χ1v) is 8.98. The number of aromatic nitrogens is 4. The summed E-state index contributed by atoms with van der Waals surface area (Å²) in [7, 11) is 0. The molecule has 28 heavy (non-hydrogen) atoms. The minimum atomic E-state index is -4.66. The molecule has 1 aliphatic rings. The van der Waals surface area contributed by atoms with Crippen molar-refractivity contribution in [1.29, 1.82) is 0 Å². The van der Waals surface area contributed by atoms with Crippen LogP contribution in [0.4, 0.5) is 23.8 Å². The summed E-state index contributed by atoms with van der Waals surface area (Å²) in [5, 5.41) is 13.8.